The zero-order chi connectivity index (χ0) is 19.4. The van der Waals surface area contributed by atoms with Crippen LogP contribution in [-0.4, -0.2) is 9.97 Å². The Kier molecular flexibility index (Phi) is 9.81. The molecule has 1 aliphatic rings. The third-order valence-electron chi connectivity index (χ3n) is 6.40. The summed E-state index contributed by atoms with van der Waals surface area (Å²) in [4.78, 5) is 9.16. The quantitative estimate of drug-likeness (QED) is 0.376. The smallest absolute Gasteiger partial charge is 0.128 e. The van der Waals surface area contributed by atoms with Crippen molar-refractivity contribution in [2.45, 2.75) is 116 Å². The van der Waals surface area contributed by atoms with Crippen LogP contribution in [0.3, 0.4) is 0 Å². The van der Waals surface area contributed by atoms with Gasteiger partial charge < -0.3 is 0 Å². The Balaban J connectivity index is 1.81. The molecule has 0 aliphatic heterocycles. The third-order valence-corrected chi connectivity index (χ3v) is 6.40. The standard InChI is InChI=1S/C24H39N3/c1-3-5-7-9-10-12-21-14-16-24(20-25,17-15-21)22-18-26-23(27-19-22)13-11-8-6-4-2/h18-19,21H,3-17H2,1-2H3/t21-,24+. The maximum atomic E-state index is 9.92. The van der Waals surface area contributed by atoms with Crippen LogP contribution in [0.1, 0.15) is 115 Å². The van der Waals surface area contributed by atoms with Gasteiger partial charge in [0.2, 0.25) is 0 Å². The molecular weight excluding hydrogens is 330 g/mol. The van der Waals surface area contributed by atoms with E-state index in [2.05, 4.69) is 29.9 Å². The third kappa shape index (κ3) is 6.91. The molecule has 1 saturated carbocycles. The first kappa shape index (κ1) is 21.9. The second-order valence-corrected chi connectivity index (χ2v) is 8.54. The van der Waals surface area contributed by atoms with E-state index >= 15 is 0 Å². The van der Waals surface area contributed by atoms with Gasteiger partial charge >= 0.3 is 0 Å². The summed E-state index contributed by atoms with van der Waals surface area (Å²) in [6, 6.07) is 2.64. The van der Waals surface area contributed by atoms with E-state index < -0.39 is 0 Å². The van der Waals surface area contributed by atoms with Crippen molar-refractivity contribution in [2.75, 3.05) is 0 Å². The maximum absolute atomic E-state index is 9.92. The van der Waals surface area contributed by atoms with Gasteiger partial charge in [0.1, 0.15) is 5.82 Å². The summed E-state index contributed by atoms with van der Waals surface area (Å²) in [5.74, 6) is 1.75. The SMILES string of the molecule is CCCCCCC[C@H]1CC[C@@](C#N)(c2cnc(CCCCCC)nc2)CC1. The molecule has 3 heteroatoms. The van der Waals surface area contributed by atoms with Crippen LogP contribution >= 0.6 is 0 Å². The van der Waals surface area contributed by atoms with E-state index in [4.69, 9.17) is 0 Å². The number of nitriles is 1. The molecule has 0 saturated heterocycles. The molecule has 1 aromatic heterocycles. The predicted octanol–water partition coefficient (Wildman–Crippen LogP) is 6.91. The van der Waals surface area contributed by atoms with Gasteiger partial charge in [0, 0.05) is 24.4 Å². The van der Waals surface area contributed by atoms with Gasteiger partial charge in [0.25, 0.3) is 0 Å². The Bertz CT molecular complexity index is 550. The Hall–Kier alpha value is -1.43. The minimum Gasteiger partial charge on any atom is -0.241 e. The second-order valence-electron chi connectivity index (χ2n) is 8.54. The number of hydrogen-bond donors (Lipinski definition) is 0. The van der Waals surface area contributed by atoms with E-state index in [-0.39, 0.29) is 5.41 Å². The van der Waals surface area contributed by atoms with Crippen molar-refractivity contribution in [2.24, 2.45) is 5.92 Å². The number of aromatic nitrogens is 2. The maximum Gasteiger partial charge on any atom is 0.128 e. The van der Waals surface area contributed by atoms with Crippen molar-refractivity contribution in [1.82, 2.24) is 9.97 Å². The number of rotatable bonds is 12. The minimum atomic E-state index is -0.348. The zero-order valence-electron chi connectivity index (χ0n) is 17.7. The molecule has 0 atom stereocenters. The fourth-order valence-electron chi connectivity index (χ4n) is 4.40. The van der Waals surface area contributed by atoms with E-state index in [1.54, 1.807) is 0 Å². The lowest BCUT2D eigenvalue weighted by Crippen LogP contribution is -2.30. The van der Waals surface area contributed by atoms with Crippen LogP contribution in [0, 0.1) is 17.2 Å². The molecule has 27 heavy (non-hydrogen) atoms. The first-order valence-electron chi connectivity index (χ1n) is 11.5. The van der Waals surface area contributed by atoms with Crippen LogP contribution in [0.2, 0.25) is 0 Å². The molecule has 0 bridgehead atoms. The zero-order valence-corrected chi connectivity index (χ0v) is 17.7. The minimum absolute atomic E-state index is 0.348. The largest absolute Gasteiger partial charge is 0.241 e. The summed E-state index contributed by atoms with van der Waals surface area (Å²) >= 11 is 0. The molecular formula is C24H39N3. The lowest BCUT2D eigenvalue weighted by Gasteiger charge is -2.35. The van der Waals surface area contributed by atoms with E-state index in [0.717, 1.165) is 43.0 Å². The van der Waals surface area contributed by atoms with Crippen LogP contribution in [0.5, 0.6) is 0 Å². The van der Waals surface area contributed by atoms with Crippen molar-refractivity contribution in [3.63, 3.8) is 0 Å². The highest BCUT2D eigenvalue weighted by Crippen LogP contribution is 2.42. The summed E-state index contributed by atoms with van der Waals surface area (Å²) in [5.41, 5.74) is 0.697. The summed E-state index contributed by atoms with van der Waals surface area (Å²) < 4.78 is 0. The lowest BCUT2D eigenvalue weighted by molar-refractivity contribution is 0.260. The Morgan fingerprint density at radius 3 is 2.11 bits per heavy atom. The molecule has 150 valence electrons. The average molecular weight is 370 g/mol. The molecule has 1 heterocycles. The average Bonchev–Trinajstić information content (AvgIpc) is 2.72. The van der Waals surface area contributed by atoms with Crippen LogP contribution in [-0.2, 0) is 11.8 Å². The van der Waals surface area contributed by atoms with E-state index in [0.29, 0.717) is 0 Å². The Labute approximate surface area is 167 Å². The van der Waals surface area contributed by atoms with E-state index in [1.807, 2.05) is 12.4 Å². The van der Waals surface area contributed by atoms with Crippen LogP contribution < -0.4 is 0 Å². The molecule has 1 aliphatic carbocycles. The van der Waals surface area contributed by atoms with Gasteiger partial charge in [-0.3, -0.25) is 0 Å². The molecule has 1 aromatic rings. The topological polar surface area (TPSA) is 49.6 Å². The number of hydrogen-bond acceptors (Lipinski definition) is 3. The van der Waals surface area contributed by atoms with Crippen LogP contribution in [0.4, 0.5) is 0 Å². The summed E-state index contributed by atoms with van der Waals surface area (Å²) in [6.45, 7) is 4.50. The highest BCUT2D eigenvalue weighted by atomic mass is 14.9. The monoisotopic (exact) mass is 369 g/mol. The fraction of sp³-hybridized carbons (Fsp3) is 0.792. The van der Waals surface area contributed by atoms with Crippen molar-refractivity contribution in [3.05, 3.63) is 23.8 Å². The lowest BCUT2D eigenvalue weighted by atomic mass is 9.67. The molecule has 0 amide bonds. The molecule has 2 rings (SSSR count). The predicted molar refractivity (Wildman–Crippen MR) is 113 cm³/mol. The molecule has 0 unspecified atom stereocenters. The number of unbranched alkanes of at least 4 members (excludes halogenated alkanes) is 7. The first-order valence-corrected chi connectivity index (χ1v) is 11.5. The van der Waals surface area contributed by atoms with Crippen molar-refractivity contribution < 1.29 is 0 Å². The normalized spacial score (nSPS) is 22.5. The van der Waals surface area contributed by atoms with Crippen molar-refractivity contribution in [1.29, 1.82) is 5.26 Å². The van der Waals surface area contributed by atoms with Gasteiger partial charge in [-0.2, -0.15) is 5.26 Å². The Morgan fingerprint density at radius 1 is 0.926 bits per heavy atom. The van der Waals surface area contributed by atoms with E-state index in [1.165, 1.54) is 70.6 Å². The number of nitrogens with zero attached hydrogens (tertiary/aromatic N) is 3. The van der Waals surface area contributed by atoms with Crippen molar-refractivity contribution >= 4 is 0 Å². The van der Waals surface area contributed by atoms with Crippen LogP contribution in [0.25, 0.3) is 0 Å². The van der Waals surface area contributed by atoms with Gasteiger partial charge in [0.15, 0.2) is 0 Å². The van der Waals surface area contributed by atoms with Gasteiger partial charge in [-0.1, -0.05) is 71.6 Å². The Morgan fingerprint density at radius 2 is 1.52 bits per heavy atom. The summed E-state index contributed by atoms with van der Waals surface area (Å²) in [6.07, 6.45) is 22.3. The fourth-order valence-corrected chi connectivity index (χ4v) is 4.40. The molecule has 3 nitrogen and oxygen atoms in total. The summed E-state index contributed by atoms with van der Waals surface area (Å²) in [5, 5.41) is 9.92. The highest BCUT2D eigenvalue weighted by molar-refractivity contribution is 5.29. The van der Waals surface area contributed by atoms with Gasteiger partial charge in [-0.25, -0.2) is 9.97 Å². The van der Waals surface area contributed by atoms with Crippen LogP contribution in [0.15, 0.2) is 12.4 Å². The van der Waals surface area contributed by atoms with E-state index in [9.17, 15) is 5.26 Å². The second kappa shape index (κ2) is 12.1. The highest BCUT2D eigenvalue weighted by Gasteiger charge is 2.37. The van der Waals surface area contributed by atoms with Gasteiger partial charge in [-0.15, -0.1) is 0 Å². The van der Waals surface area contributed by atoms with Gasteiger partial charge in [0.05, 0.1) is 11.5 Å². The molecule has 1 fully saturated rings. The van der Waals surface area contributed by atoms with Gasteiger partial charge in [-0.05, 0) is 38.0 Å². The summed E-state index contributed by atoms with van der Waals surface area (Å²) in [7, 11) is 0. The first-order chi connectivity index (χ1) is 13.2. The molecule has 0 aromatic carbocycles. The van der Waals surface area contributed by atoms with Crippen molar-refractivity contribution in [3.8, 4) is 6.07 Å². The molecule has 0 spiro atoms. The number of aryl methyl sites for hydroxylation is 1. The molecule has 0 N–H and O–H groups in total. The molecule has 0 radical (unpaired) electrons.